The van der Waals surface area contributed by atoms with E-state index in [0.717, 1.165) is 5.56 Å². The largest absolute Gasteiger partial charge is 0.365 e. The van der Waals surface area contributed by atoms with E-state index in [4.69, 9.17) is 5.73 Å². The molecule has 0 saturated heterocycles. The predicted molar refractivity (Wildman–Crippen MR) is 120 cm³/mol. The van der Waals surface area contributed by atoms with E-state index in [1.165, 1.54) is 34.9 Å². The number of hydrogen-bond acceptors (Lipinski definition) is 5. The third-order valence-electron chi connectivity index (χ3n) is 5.26. The quantitative estimate of drug-likeness (QED) is 0.441. The van der Waals surface area contributed by atoms with E-state index in [1.807, 2.05) is 19.9 Å². The highest BCUT2D eigenvalue weighted by Crippen LogP contribution is 2.20. The smallest absolute Gasteiger partial charge is 0.264 e. The van der Waals surface area contributed by atoms with E-state index in [-0.39, 0.29) is 30.1 Å². The van der Waals surface area contributed by atoms with Crippen LogP contribution in [0.15, 0.2) is 47.4 Å². The zero-order chi connectivity index (χ0) is 23.5. The van der Waals surface area contributed by atoms with Crippen molar-refractivity contribution < 1.29 is 19.4 Å². The van der Waals surface area contributed by atoms with Crippen molar-refractivity contribution >= 4 is 16.9 Å². The van der Waals surface area contributed by atoms with Crippen molar-refractivity contribution in [3.05, 3.63) is 75.5 Å². The van der Waals surface area contributed by atoms with Crippen molar-refractivity contribution in [3.63, 3.8) is 0 Å². The number of primary amides is 1. The van der Waals surface area contributed by atoms with Gasteiger partial charge in [-0.1, -0.05) is 26.0 Å². The number of hydrogen-bond donors (Lipinski definition) is 3. The van der Waals surface area contributed by atoms with Gasteiger partial charge in [0.2, 0.25) is 0 Å². The predicted octanol–water partition coefficient (Wildman–Crippen LogP) is 2.54. The molecule has 8 heteroatoms. The van der Waals surface area contributed by atoms with Crippen LogP contribution in [0.3, 0.4) is 0 Å². The number of rotatable bonds is 9. The van der Waals surface area contributed by atoms with Crippen LogP contribution >= 0.6 is 0 Å². The van der Waals surface area contributed by atoms with Gasteiger partial charge in [-0.15, -0.1) is 0 Å². The molecule has 0 aliphatic heterocycles. The maximum atomic E-state index is 13.0. The summed E-state index contributed by atoms with van der Waals surface area (Å²) >= 11 is 0. The van der Waals surface area contributed by atoms with Crippen LogP contribution in [0.4, 0.5) is 4.39 Å². The van der Waals surface area contributed by atoms with Crippen LogP contribution in [0.2, 0.25) is 0 Å². The first kappa shape index (κ1) is 23.6. The molecule has 0 radical (unpaired) electrons. The Balaban J connectivity index is 1.77. The highest BCUT2D eigenvalue weighted by molar-refractivity contribution is 5.95. The molecule has 0 aliphatic carbocycles. The third-order valence-corrected chi connectivity index (χ3v) is 5.26. The minimum absolute atomic E-state index is 0.00687. The summed E-state index contributed by atoms with van der Waals surface area (Å²) in [7, 11) is 0. The van der Waals surface area contributed by atoms with Crippen molar-refractivity contribution in [2.75, 3.05) is 0 Å². The molecule has 1 amide bonds. The van der Waals surface area contributed by atoms with Crippen molar-refractivity contribution in [2.45, 2.75) is 51.9 Å². The SMILES string of the molecule is CC(C)Cn1c(=O)c(C(N)=O)cc2ncc(CCCC(O)(O)Cc3ccc(F)cc3)cc21. The van der Waals surface area contributed by atoms with Gasteiger partial charge >= 0.3 is 0 Å². The molecule has 32 heavy (non-hydrogen) atoms. The number of pyridine rings is 2. The molecule has 0 spiro atoms. The molecular weight excluding hydrogens is 413 g/mol. The summed E-state index contributed by atoms with van der Waals surface area (Å²) < 4.78 is 14.6. The number of aliphatic hydroxyl groups is 2. The monoisotopic (exact) mass is 441 g/mol. The molecule has 170 valence electrons. The van der Waals surface area contributed by atoms with Gasteiger partial charge in [0, 0.05) is 25.6 Å². The Morgan fingerprint density at radius 2 is 1.88 bits per heavy atom. The lowest BCUT2D eigenvalue weighted by Crippen LogP contribution is -2.31. The second kappa shape index (κ2) is 9.58. The maximum absolute atomic E-state index is 13.0. The first-order valence-corrected chi connectivity index (χ1v) is 10.6. The number of carbonyl (C=O) groups is 1. The fourth-order valence-corrected chi connectivity index (χ4v) is 3.74. The van der Waals surface area contributed by atoms with Crippen molar-refractivity contribution in [1.82, 2.24) is 9.55 Å². The number of nitrogens with zero attached hydrogens (tertiary/aromatic N) is 2. The number of halogens is 1. The standard InChI is InChI=1S/C24H28FN3O4/c1-15(2)14-28-21-10-17(13-27-20(21)11-19(22(26)29)23(28)30)4-3-9-24(31,32)12-16-5-7-18(25)8-6-16/h5-8,10-11,13,15,31-32H,3-4,9,12,14H2,1-2H3,(H2,26,29). The molecular formula is C24H28FN3O4. The molecule has 0 saturated carbocycles. The first-order valence-electron chi connectivity index (χ1n) is 10.6. The van der Waals surface area contributed by atoms with Crippen LogP contribution in [0, 0.1) is 11.7 Å². The molecule has 3 rings (SSSR count). The van der Waals surface area contributed by atoms with E-state index in [0.29, 0.717) is 36.0 Å². The molecule has 0 atom stereocenters. The number of carbonyl (C=O) groups excluding carboxylic acids is 1. The lowest BCUT2D eigenvalue weighted by molar-refractivity contribution is -0.164. The Hall–Kier alpha value is -3.10. The van der Waals surface area contributed by atoms with Gasteiger partial charge < -0.3 is 20.5 Å². The average Bonchev–Trinajstić information content (AvgIpc) is 2.71. The molecule has 0 bridgehead atoms. The van der Waals surface area contributed by atoms with Crippen LogP contribution in [0.25, 0.3) is 11.0 Å². The molecule has 2 heterocycles. The Morgan fingerprint density at radius 3 is 2.50 bits per heavy atom. The summed E-state index contributed by atoms with van der Waals surface area (Å²) in [4.78, 5) is 28.8. The van der Waals surface area contributed by atoms with Crippen LogP contribution in [-0.4, -0.2) is 31.5 Å². The summed E-state index contributed by atoms with van der Waals surface area (Å²) in [5, 5.41) is 20.6. The van der Waals surface area contributed by atoms with Gasteiger partial charge in [0.05, 0.1) is 11.0 Å². The highest BCUT2D eigenvalue weighted by Gasteiger charge is 2.23. The molecule has 1 aromatic carbocycles. The van der Waals surface area contributed by atoms with Crippen LogP contribution in [-0.2, 0) is 19.4 Å². The Bertz CT molecular complexity index is 1170. The van der Waals surface area contributed by atoms with E-state index in [2.05, 4.69) is 4.98 Å². The number of fused-ring (bicyclic) bond motifs is 1. The molecule has 7 nitrogen and oxygen atoms in total. The van der Waals surface area contributed by atoms with Gasteiger partial charge in [-0.05, 0) is 54.2 Å². The summed E-state index contributed by atoms with van der Waals surface area (Å²) in [5.74, 6) is -2.92. The fraction of sp³-hybridized carbons (Fsp3) is 0.375. The fourth-order valence-electron chi connectivity index (χ4n) is 3.74. The lowest BCUT2D eigenvalue weighted by Gasteiger charge is -2.22. The van der Waals surface area contributed by atoms with Crippen molar-refractivity contribution in [1.29, 1.82) is 0 Å². The second-order valence-corrected chi connectivity index (χ2v) is 8.62. The molecule has 0 unspecified atom stereocenters. The zero-order valence-electron chi connectivity index (χ0n) is 18.2. The van der Waals surface area contributed by atoms with Crippen molar-refractivity contribution in [2.24, 2.45) is 11.7 Å². The normalized spacial score (nSPS) is 11.9. The topological polar surface area (TPSA) is 118 Å². The summed E-state index contributed by atoms with van der Waals surface area (Å²) in [5.41, 5.74) is 7.39. The van der Waals surface area contributed by atoms with Gasteiger partial charge in [-0.2, -0.15) is 0 Å². The van der Waals surface area contributed by atoms with Gasteiger partial charge in [0.25, 0.3) is 11.5 Å². The Labute approximate surface area is 185 Å². The van der Waals surface area contributed by atoms with E-state index in [9.17, 15) is 24.2 Å². The minimum atomic E-state index is -1.92. The van der Waals surface area contributed by atoms with Crippen LogP contribution in [0.5, 0.6) is 0 Å². The molecule has 0 fully saturated rings. The number of nitrogens with two attached hydrogens (primary N) is 1. The van der Waals surface area contributed by atoms with Crippen LogP contribution < -0.4 is 11.3 Å². The van der Waals surface area contributed by atoms with Gasteiger partial charge in [0.15, 0.2) is 5.79 Å². The maximum Gasteiger partial charge on any atom is 0.264 e. The first-order chi connectivity index (χ1) is 15.1. The molecule has 4 N–H and O–H groups in total. The number of aromatic nitrogens is 2. The van der Waals surface area contributed by atoms with Gasteiger partial charge in [0.1, 0.15) is 11.4 Å². The van der Waals surface area contributed by atoms with Gasteiger partial charge in [-0.3, -0.25) is 14.6 Å². The van der Waals surface area contributed by atoms with E-state index in [1.54, 1.807) is 6.20 Å². The minimum Gasteiger partial charge on any atom is -0.365 e. The third kappa shape index (κ3) is 5.77. The Kier molecular flexibility index (Phi) is 7.06. The van der Waals surface area contributed by atoms with E-state index >= 15 is 0 Å². The highest BCUT2D eigenvalue weighted by atomic mass is 19.1. The Morgan fingerprint density at radius 1 is 1.19 bits per heavy atom. The molecule has 2 aromatic heterocycles. The van der Waals surface area contributed by atoms with E-state index < -0.39 is 17.3 Å². The number of benzene rings is 1. The second-order valence-electron chi connectivity index (χ2n) is 8.62. The summed E-state index contributed by atoms with van der Waals surface area (Å²) in [6, 6.07) is 8.87. The molecule has 0 aliphatic rings. The van der Waals surface area contributed by atoms with Crippen molar-refractivity contribution in [3.8, 4) is 0 Å². The summed E-state index contributed by atoms with van der Waals surface area (Å²) in [6.07, 6.45) is 2.74. The van der Waals surface area contributed by atoms with Crippen LogP contribution in [0.1, 0.15) is 48.2 Å². The van der Waals surface area contributed by atoms with Gasteiger partial charge in [-0.25, -0.2) is 4.39 Å². The average molecular weight is 442 g/mol. The lowest BCUT2D eigenvalue weighted by atomic mass is 9.98. The zero-order valence-corrected chi connectivity index (χ0v) is 18.2. The molecule has 3 aromatic rings. The number of amides is 1. The number of aryl methyl sites for hydroxylation is 1. The summed E-state index contributed by atoms with van der Waals surface area (Å²) in [6.45, 7) is 4.35.